The molecule has 0 saturated heterocycles. The zero-order valence-corrected chi connectivity index (χ0v) is 18.3. The molecule has 1 aliphatic carbocycles. The summed E-state index contributed by atoms with van der Waals surface area (Å²) >= 11 is 0. The summed E-state index contributed by atoms with van der Waals surface area (Å²) < 4.78 is 0. The molecule has 0 radical (unpaired) electrons. The van der Waals surface area contributed by atoms with Crippen LogP contribution in [0.5, 0.6) is 0 Å². The largest absolute Gasteiger partial charge is 0.478 e. The summed E-state index contributed by atoms with van der Waals surface area (Å²) in [5.74, 6) is -0.501. The summed E-state index contributed by atoms with van der Waals surface area (Å²) in [4.78, 5) is 26.7. The normalized spacial score (nSPS) is 16.9. The second-order valence-electron chi connectivity index (χ2n) is 8.73. The molecule has 5 rings (SSSR count). The van der Waals surface area contributed by atoms with Gasteiger partial charge < -0.3 is 5.11 Å². The molecule has 3 aromatic carbocycles. The third kappa shape index (κ3) is 3.23. The Morgan fingerprint density at radius 3 is 2.31 bits per heavy atom. The number of benzene rings is 3. The van der Waals surface area contributed by atoms with Crippen LogP contribution in [-0.2, 0) is 4.79 Å². The number of aryl methyl sites for hydroxylation is 2. The van der Waals surface area contributed by atoms with Crippen LogP contribution < -0.4 is 4.90 Å². The van der Waals surface area contributed by atoms with Crippen molar-refractivity contribution in [2.75, 3.05) is 4.90 Å². The number of anilines is 2. The lowest BCUT2D eigenvalue weighted by Gasteiger charge is -2.28. The number of hydrogen-bond acceptors (Lipinski definition) is 2. The molecular weight excluding hydrogens is 398 g/mol. The molecule has 1 heterocycles. The molecule has 1 saturated carbocycles. The molecule has 0 atom stereocenters. The van der Waals surface area contributed by atoms with Crippen LogP contribution in [0, 0.1) is 13.8 Å². The first-order valence-electron chi connectivity index (χ1n) is 11.0. The zero-order valence-electron chi connectivity index (χ0n) is 18.3. The maximum absolute atomic E-state index is 13.8. The number of carboxylic acid groups (broad SMARTS) is 1. The monoisotopic (exact) mass is 423 g/mol. The number of rotatable bonds is 4. The number of amides is 1. The maximum atomic E-state index is 13.8. The van der Waals surface area contributed by atoms with Gasteiger partial charge in [0.05, 0.1) is 16.8 Å². The standard InChI is InChI=1S/C28H25NO3/c1-17-6-3-10-22(19-8-5-9-19)23(17)16-24-26-18(2)7-4-11-25(26)29(27(24)30)21-14-12-20(13-15-21)28(31)32/h3-4,6-7,10-16,19H,5,8-9H2,1-2H3,(H,31,32)/b24-16-. The minimum Gasteiger partial charge on any atom is -0.478 e. The predicted octanol–water partition coefficient (Wildman–Crippen LogP) is 6.49. The van der Waals surface area contributed by atoms with Gasteiger partial charge >= 0.3 is 5.97 Å². The topological polar surface area (TPSA) is 57.6 Å². The highest BCUT2D eigenvalue weighted by Crippen LogP contribution is 2.45. The number of fused-ring (bicyclic) bond motifs is 1. The summed E-state index contributed by atoms with van der Waals surface area (Å²) in [5.41, 5.74) is 8.04. The molecule has 1 aliphatic heterocycles. The van der Waals surface area contributed by atoms with Crippen molar-refractivity contribution in [2.45, 2.75) is 39.0 Å². The first-order chi connectivity index (χ1) is 15.5. The van der Waals surface area contributed by atoms with Crippen molar-refractivity contribution in [1.82, 2.24) is 0 Å². The van der Waals surface area contributed by atoms with Gasteiger partial charge in [0.25, 0.3) is 5.91 Å². The van der Waals surface area contributed by atoms with Crippen LogP contribution in [0.3, 0.4) is 0 Å². The van der Waals surface area contributed by atoms with Crippen LogP contribution in [-0.4, -0.2) is 17.0 Å². The first kappa shape index (κ1) is 20.3. The van der Waals surface area contributed by atoms with Crippen LogP contribution in [0.15, 0.2) is 60.7 Å². The Balaban J connectivity index is 1.66. The van der Waals surface area contributed by atoms with Crippen molar-refractivity contribution in [1.29, 1.82) is 0 Å². The van der Waals surface area contributed by atoms with E-state index < -0.39 is 5.97 Å². The van der Waals surface area contributed by atoms with Gasteiger partial charge in [-0.05, 0) is 91.3 Å². The molecule has 0 aromatic heterocycles. The summed E-state index contributed by atoms with van der Waals surface area (Å²) in [6.45, 7) is 4.14. The molecule has 160 valence electrons. The van der Waals surface area contributed by atoms with E-state index in [9.17, 15) is 14.7 Å². The van der Waals surface area contributed by atoms with Crippen LogP contribution in [0.1, 0.15) is 63.4 Å². The number of aromatic carboxylic acids is 1. The SMILES string of the molecule is Cc1cccc(C2CCC2)c1/C=C1\C(=O)N(c2ccc(C(=O)O)cc2)c2cccc(C)c21. The van der Waals surface area contributed by atoms with E-state index in [0.717, 1.165) is 22.4 Å². The fourth-order valence-electron chi connectivity index (χ4n) is 4.79. The average molecular weight is 424 g/mol. The molecule has 4 heteroatoms. The molecule has 3 aromatic rings. The Hall–Kier alpha value is -3.66. The Morgan fingerprint density at radius 1 is 0.969 bits per heavy atom. The van der Waals surface area contributed by atoms with E-state index in [1.54, 1.807) is 17.0 Å². The molecule has 4 nitrogen and oxygen atoms in total. The van der Waals surface area contributed by atoms with Crippen molar-refractivity contribution in [3.8, 4) is 0 Å². The second kappa shape index (κ2) is 7.79. The Morgan fingerprint density at radius 2 is 1.66 bits per heavy atom. The minimum atomic E-state index is -0.982. The molecule has 2 aliphatic rings. The van der Waals surface area contributed by atoms with Crippen molar-refractivity contribution in [3.63, 3.8) is 0 Å². The highest BCUT2D eigenvalue weighted by molar-refractivity contribution is 6.38. The first-order valence-corrected chi connectivity index (χ1v) is 11.0. The number of carbonyl (C=O) groups is 2. The summed E-state index contributed by atoms with van der Waals surface area (Å²) in [6.07, 6.45) is 5.73. The molecule has 1 fully saturated rings. The van der Waals surface area contributed by atoms with Gasteiger partial charge in [0.15, 0.2) is 0 Å². The van der Waals surface area contributed by atoms with Gasteiger partial charge in [-0.3, -0.25) is 9.69 Å². The Bertz CT molecular complexity index is 1270. The van der Waals surface area contributed by atoms with E-state index in [2.05, 4.69) is 31.2 Å². The molecule has 0 bridgehead atoms. The third-order valence-electron chi connectivity index (χ3n) is 6.76. The van der Waals surface area contributed by atoms with Gasteiger partial charge in [-0.1, -0.05) is 36.8 Å². The predicted molar refractivity (Wildman–Crippen MR) is 127 cm³/mol. The van der Waals surface area contributed by atoms with E-state index in [1.807, 2.05) is 25.1 Å². The smallest absolute Gasteiger partial charge is 0.335 e. The summed E-state index contributed by atoms with van der Waals surface area (Å²) in [5, 5.41) is 9.23. The molecule has 0 spiro atoms. The van der Waals surface area contributed by atoms with Gasteiger partial charge in [0.1, 0.15) is 0 Å². The number of carbonyl (C=O) groups excluding carboxylic acids is 1. The lowest BCUT2D eigenvalue weighted by molar-refractivity contribution is -0.112. The quantitative estimate of drug-likeness (QED) is 0.488. The van der Waals surface area contributed by atoms with Crippen molar-refractivity contribution in [3.05, 3.63) is 94.0 Å². The van der Waals surface area contributed by atoms with Gasteiger partial charge in [-0.25, -0.2) is 4.79 Å². The Kier molecular flexibility index (Phi) is 4.93. The van der Waals surface area contributed by atoms with Crippen LogP contribution in [0.25, 0.3) is 11.6 Å². The highest BCUT2D eigenvalue weighted by atomic mass is 16.4. The van der Waals surface area contributed by atoms with E-state index in [1.165, 1.54) is 42.5 Å². The number of nitrogens with zero attached hydrogens (tertiary/aromatic N) is 1. The van der Waals surface area contributed by atoms with E-state index in [-0.39, 0.29) is 11.5 Å². The number of carboxylic acids is 1. The van der Waals surface area contributed by atoms with Gasteiger partial charge in [-0.2, -0.15) is 0 Å². The average Bonchev–Trinajstić information content (AvgIpc) is 3.02. The van der Waals surface area contributed by atoms with E-state index >= 15 is 0 Å². The lowest BCUT2D eigenvalue weighted by atomic mass is 9.77. The molecule has 1 N–H and O–H groups in total. The van der Waals surface area contributed by atoms with Crippen LogP contribution in [0.2, 0.25) is 0 Å². The molecule has 32 heavy (non-hydrogen) atoms. The maximum Gasteiger partial charge on any atom is 0.335 e. The van der Waals surface area contributed by atoms with Gasteiger partial charge in [-0.15, -0.1) is 0 Å². The summed E-state index contributed by atoms with van der Waals surface area (Å²) in [6, 6.07) is 18.8. The van der Waals surface area contributed by atoms with Crippen LogP contribution in [0.4, 0.5) is 11.4 Å². The van der Waals surface area contributed by atoms with Gasteiger partial charge in [0, 0.05) is 11.3 Å². The fourth-order valence-corrected chi connectivity index (χ4v) is 4.79. The molecular formula is C28H25NO3. The molecule has 0 unspecified atom stereocenters. The van der Waals surface area contributed by atoms with Crippen molar-refractivity contribution >= 4 is 34.9 Å². The summed E-state index contributed by atoms with van der Waals surface area (Å²) in [7, 11) is 0. The second-order valence-corrected chi connectivity index (χ2v) is 8.73. The zero-order chi connectivity index (χ0) is 22.4. The van der Waals surface area contributed by atoms with Gasteiger partial charge in [0.2, 0.25) is 0 Å². The number of hydrogen-bond donors (Lipinski definition) is 1. The van der Waals surface area contributed by atoms with Crippen molar-refractivity contribution in [2.24, 2.45) is 0 Å². The Labute approximate surface area is 187 Å². The van der Waals surface area contributed by atoms with E-state index in [4.69, 9.17) is 0 Å². The third-order valence-corrected chi connectivity index (χ3v) is 6.76. The van der Waals surface area contributed by atoms with E-state index in [0.29, 0.717) is 17.2 Å². The fraction of sp³-hybridized carbons (Fsp3) is 0.214. The minimum absolute atomic E-state index is 0.0832. The molecule has 1 amide bonds. The van der Waals surface area contributed by atoms with Crippen molar-refractivity contribution < 1.29 is 14.7 Å². The highest BCUT2D eigenvalue weighted by Gasteiger charge is 2.35. The van der Waals surface area contributed by atoms with Crippen LogP contribution >= 0.6 is 0 Å². The lowest BCUT2D eigenvalue weighted by Crippen LogP contribution is -2.20.